The molecule has 6 nitrogen and oxygen atoms in total. The van der Waals surface area contributed by atoms with Gasteiger partial charge in [-0.05, 0) is 37.3 Å². The predicted molar refractivity (Wildman–Crippen MR) is 91.5 cm³/mol. The van der Waals surface area contributed by atoms with Gasteiger partial charge >= 0.3 is 0 Å². The van der Waals surface area contributed by atoms with Crippen molar-refractivity contribution >= 4 is 17.7 Å². The Morgan fingerprint density at radius 1 is 1.12 bits per heavy atom. The maximum atomic E-state index is 12.2. The van der Waals surface area contributed by atoms with Crippen molar-refractivity contribution in [1.29, 1.82) is 0 Å². The topological polar surface area (TPSA) is 92.5 Å². The van der Waals surface area contributed by atoms with Crippen LogP contribution < -0.4 is 11.1 Å². The summed E-state index contributed by atoms with van der Waals surface area (Å²) in [5, 5.41) is 2.80. The van der Waals surface area contributed by atoms with Gasteiger partial charge in [-0.3, -0.25) is 19.3 Å². The molecule has 1 heterocycles. The number of benzene rings is 1. The van der Waals surface area contributed by atoms with Crippen LogP contribution in [-0.2, 0) is 4.79 Å². The van der Waals surface area contributed by atoms with Gasteiger partial charge in [-0.2, -0.15) is 0 Å². The zero-order valence-electron chi connectivity index (χ0n) is 14.2. The minimum absolute atomic E-state index is 0.149. The van der Waals surface area contributed by atoms with Crippen LogP contribution in [0.3, 0.4) is 0 Å². The summed E-state index contributed by atoms with van der Waals surface area (Å²) in [5.41, 5.74) is 6.74. The summed E-state index contributed by atoms with van der Waals surface area (Å²) < 4.78 is 0. The Balaban J connectivity index is 1.71. The van der Waals surface area contributed by atoms with Crippen LogP contribution in [0.4, 0.5) is 0 Å². The lowest BCUT2D eigenvalue weighted by Crippen LogP contribution is -2.41. The third kappa shape index (κ3) is 4.20. The normalized spacial score (nSPS) is 14.9. The van der Waals surface area contributed by atoms with E-state index in [1.807, 2.05) is 13.8 Å². The lowest BCUT2D eigenvalue weighted by Gasteiger charge is -2.15. The molecule has 0 aliphatic carbocycles. The summed E-state index contributed by atoms with van der Waals surface area (Å²) in [6.07, 6.45) is 1.99. The lowest BCUT2D eigenvalue weighted by atomic mass is 10.0. The maximum Gasteiger partial charge on any atom is 0.261 e. The fourth-order valence-electron chi connectivity index (χ4n) is 2.79. The third-order valence-electron chi connectivity index (χ3n) is 4.05. The van der Waals surface area contributed by atoms with Crippen molar-refractivity contribution in [3.63, 3.8) is 0 Å². The van der Waals surface area contributed by atoms with Crippen molar-refractivity contribution in [2.75, 3.05) is 13.1 Å². The van der Waals surface area contributed by atoms with Gasteiger partial charge in [-0.15, -0.1) is 0 Å². The molecule has 24 heavy (non-hydrogen) atoms. The quantitative estimate of drug-likeness (QED) is 0.558. The highest BCUT2D eigenvalue weighted by molar-refractivity contribution is 6.21. The number of unbranched alkanes of at least 4 members (excludes halogenated alkanes) is 1. The third-order valence-corrected chi connectivity index (χ3v) is 4.05. The smallest absolute Gasteiger partial charge is 0.261 e. The molecule has 1 aliphatic heterocycles. The first kappa shape index (κ1) is 18.1. The van der Waals surface area contributed by atoms with Gasteiger partial charge in [-0.1, -0.05) is 26.0 Å². The van der Waals surface area contributed by atoms with Crippen LogP contribution in [0.2, 0.25) is 0 Å². The summed E-state index contributed by atoms with van der Waals surface area (Å²) in [4.78, 5) is 37.5. The van der Waals surface area contributed by atoms with Gasteiger partial charge in [0, 0.05) is 13.1 Å². The second kappa shape index (κ2) is 8.06. The number of hydrogen-bond acceptors (Lipinski definition) is 4. The highest BCUT2D eigenvalue weighted by Gasteiger charge is 2.34. The highest BCUT2D eigenvalue weighted by Crippen LogP contribution is 2.22. The summed E-state index contributed by atoms with van der Waals surface area (Å²) >= 11 is 0. The average Bonchev–Trinajstić information content (AvgIpc) is 2.78. The molecule has 0 radical (unpaired) electrons. The van der Waals surface area contributed by atoms with Crippen molar-refractivity contribution in [3.8, 4) is 0 Å². The summed E-state index contributed by atoms with van der Waals surface area (Å²) in [5.74, 6) is -0.249. The van der Waals surface area contributed by atoms with E-state index in [4.69, 9.17) is 5.73 Å². The van der Waals surface area contributed by atoms with Crippen molar-refractivity contribution in [3.05, 3.63) is 35.4 Å². The summed E-state index contributed by atoms with van der Waals surface area (Å²) in [7, 11) is 0. The molecular formula is C18H25N3O3. The second-order valence-corrected chi connectivity index (χ2v) is 6.54. The number of nitrogens with one attached hydrogen (secondary N) is 1. The fourth-order valence-corrected chi connectivity index (χ4v) is 2.79. The van der Waals surface area contributed by atoms with Crippen molar-refractivity contribution < 1.29 is 14.4 Å². The molecule has 0 bridgehead atoms. The highest BCUT2D eigenvalue weighted by atomic mass is 16.2. The number of imide groups is 1. The molecule has 130 valence electrons. The molecule has 0 spiro atoms. The molecule has 2 rings (SSSR count). The van der Waals surface area contributed by atoms with Gasteiger partial charge in [0.25, 0.3) is 11.8 Å². The van der Waals surface area contributed by atoms with Crippen molar-refractivity contribution in [2.45, 2.75) is 39.2 Å². The minimum Gasteiger partial charge on any atom is -0.355 e. The number of carbonyl (C=O) groups is 3. The monoisotopic (exact) mass is 331 g/mol. The predicted octanol–water partition coefficient (Wildman–Crippen LogP) is 1.55. The second-order valence-electron chi connectivity index (χ2n) is 6.54. The first-order valence-corrected chi connectivity index (χ1v) is 8.40. The van der Waals surface area contributed by atoms with Crippen molar-refractivity contribution in [1.82, 2.24) is 10.2 Å². The number of nitrogens with zero attached hydrogens (tertiary/aromatic N) is 1. The molecule has 1 aromatic rings. The van der Waals surface area contributed by atoms with Gasteiger partial charge in [0.05, 0.1) is 17.2 Å². The number of amides is 3. The van der Waals surface area contributed by atoms with E-state index in [2.05, 4.69) is 5.32 Å². The molecule has 1 aromatic carbocycles. The largest absolute Gasteiger partial charge is 0.355 e. The van der Waals surface area contributed by atoms with Gasteiger partial charge in [-0.25, -0.2) is 0 Å². The zero-order valence-corrected chi connectivity index (χ0v) is 14.2. The molecule has 3 N–H and O–H groups in total. The maximum absolute atomic E-state index is 12.2. The van der Waals surface area contributed by atoms with E-state index in [1.165, 1.54) is 4.90 Å². The minimum atomic E-state index is -0.485. The number of rotatable bonds is 8. The van der Waals surface area contributed by atoms with Gasteiger partial charge in [0.1, 0.15) is 0 Å². The average molecular weight is 331 g/mol. The lowest BCUT2D eigenvalue weighted by molar-refractivity contribution is -0.122. The van der Waals surface area contributed by atoms with Crippen LogP contribution >= 0.6 is 0 Å². The van der Waals surface area contributed by atoms with E-state index in [0.29, 0.717) is 49.4 Å². The van der Waals surface area contributed by atoms with E-state index < -0.39 is 6.04 Å². The Kier molecular flexibility index (Phi) is 6.09. The SMILES string of the molecule is CC(C)C[C@H](N)C(=O)NCCCCN1C(=O)c2ccccc2C1=O. The molecule has 0 saturated carbocycles. The molecule has 1 atom stereocenters. The van der Waals surface area contributed by atoms with E-state index in [9.17, 15) is 14.4 Å². The number of fused-ring (bicyclic) bond motifs is 1. The standard InChI is InChI=1S/C18H25N3O3/c1-12(2)11-15(19)16(22)20-9-5-6-10-21-17(23)13-7-3-4-8-14(13)18(21)24/h3-4,7-8,12,15H,5-6,9-11,19H2,1-2H3,(H,20,22)/t15-/m0/s1. The van der Waals surface area contributed by atoms with Crippen molar-refractivity contribution in [2.24, 2.45) is 11.7 Å². The fraction of sp³-hybridized carbons (Fsp3) is 0.500. The Morgan fingerprint density at radius 2 is 1.71 bits per heavy atom. The van der Waals surface area contributed by atoms with Crippen LogP contribution in [-0.4, -0.2) is 41.8 Å². The molecule has 6 heteroatoms. The number of nitrogens with two attached hydrogens (primary N) is 1. The van der Waals surface area contributed by atoms with Crippen LogP contribution in [0.5, 0.6) is 0 Å². The van der Waals surface area contributed by atoms with E-state index in [1.54, 1.807) is 24.3 Å². The molecule has 1 aliphatic rings. The summed E-state index contributed by atoms with van der Waals surface area (Å²) in [6, 6.07) is 6.37. The number of hydrogen-bond donors (Lipinski definition) is 2. The zero-order chi connectivity index (χ0) is 17.7. The Bertz CT molecular complexity index is 593. The number of carbonyl (C=O) groups excluding carboxylic acids is 3. The van der Waals surface area contributed by atoms with Gasteiger partial charge in [0.15, 0.2) is 0 Å². The Labute approximate surface area is 142 Å². The first-order valence-electron chi connectivity index (χ1n) is 8.40. The molecule has 0 fully saturated rings. The van der Waals surface area contributed by atoms with Crippen LogP contribution in [0.1, 0.15) is 53.8 Å². The molecule has 0 unspecified atom stereocenters. The first-order chi connectivity index (χ1) is 11.4. The van der Waals surface area contributed by atoms with E-state index >= 15 is 0 Å². The van der Waals surface area contributed by atoms with E-state index in [-0.39, 0.29) is 17.7 Å². The summed E-state index contributed by atoms with van der Waals surface area (Å²) in [6.45, 7) is 4.90. The molecule has 3 amide bonds. The van der Waals surface area contributed by atoms with Gasteiger partial charge in [0.2, 0.25) is 5.91 Å². The molecular weight excluding hydrogens is 306 g/mol. The van der Waals surface area contributed by atoms with E-state index in [0.717, 1.165) is 0 Å². The van der Waals surface area contributed by atoms with Crippen LogP contribution in [0.15, 0.2) is 24.3 Å². The van der Waals surface area contributed by atoms with Crippen LogP contribution in [0.25, 0.3) is 0 Å². The molecule has 0 saturated heterocycles. The molecule has 0 aromatic heterocycles. The van der Waals surface area contributed by atoms with Crippen LogP contribution in [0, 0.1) is 5.92 Å². The van der Waals surface area contributed by atoms with Gasteiger partial charge < -0.3 is 11.1 Å². The Morgan fingerprint density at radius 3 is 2.25 bits per heavy atom. The Hall–Kier alpha value is -2.21.